The van der Waals surface area contributed by atoms with Crippen molar-refractivity contribution in [2.45, 2.75) is 13.8 Å². The Hall–Kier alpha value is -3.25. The highest BCUT2D eigenvalue weighted by molar-refractivity contribution is 7.21. The van der Waals surface area contributed by atoms with Crippen LogP contribution in [0.3, 0.4) is 0 Å². The molecule has 0 unspecified atom stereocenters. The van der Waals surface area contributed by atoms with E-state index in [1.165, 1.54) is 0 Å². The van der Waals surface area contributed by atoms with Gasteiger partial charge in [-0.3, -0.25) is 4.79 Å². The summed E-state index contributed by atoms with van der Waals surface area (Å²) in [6.45, 7) is 3.92. The summed E-state index contributed by atoms with van der Waals surface area (Å²) >= 11 is 1.54. The average Bonchev–Trinajstić information content (AvgIpc) is 3.12. The van der Waals surface area contributed by atoms with E-state index >= 15 is 0 Å². The SMILES string of the molecule is Cc1cccc(OCC(=O)Nc2cccc(-c3nc4cccnc4s3)c2C)c1. The highest BCUT2D eigenvalue weighted by Crippen LogP contribution is 2.33. The van der Waals surface area contributed by atoms with Crippen LogP contribution in [0.25, 0.3) is 20.9 Å². The number of benzene rings is 2. The molecule has 1 N–H and O–H groups in total. The van der Waals surface area contributed by atoms with Crippen LogP contribution in [0.1, 0.15) is 11.1 Å². The molecule has 0 bridgehead atoms. The lowest BCUT2D eigenvalue weighted by molar-refractivity contribution is -0.118. The Morgan fingerprint density at radius 1 is 1.11 bits per heavy atom. The molecule has 0 atom stereocenters. The van der Waals surface area contributed by atoms with E-state index in [1.54, 1.807) is 17.5 Å². The number of fused-ring (bicyclic) bond motifs is 1. The van der Waals surface area contributed by atoms with Gasteiger partial charge in [0.25, 0.3) is 5.91 Å². The van der Waals surface area contributed by atoms with Crippen molar-refractivity contribution in [1.82, 2.24) is 9.97 Å². The molecule has 2 aromatic carbocycles. The summed E-state index contributed by atoms with van der Waals surface area (Å²) in [5.41, 5.74) is 4.67. The summed E-state index contributed by atoms with van der Waals surface area (Å²) in [6.07, 6.45) is 1.77. The Bertz CT molecular complexity index is 1120. The molecule has 4 aromatic rings. The fraction of sp³-hybridized carbons (Fsp3) is 0.136. The predicted molar refractivity (Wildman–Crippen MR) is 113 cm³/mol. The number of hydrogen-bond acceptors (Lipinski definition) is 5. The van der Waals surface area contributed by atoms with Crippen LogP contribution < -0.4 is 10.1 Å². The van der Waals surface area contributed by atoms with Gasteiger partial charge in [-0.15, -0.1) is 0 Å². The molecule has 1 amide bonds. The van der Waals surface area contributed by atoms with Crippen molar-refractivity contribution in [3.63, 3.8) is 0 Å². The zero-order chi connectivity index (χ0) is 19.5. The van der Waals surface area contributed by atoms with E-state index in [0.717, 1.165) is 37.7 Å². The standard InChI is InChI=1S/C22H19N3O2S/c1-14-6-3-7-16(12-14)27-13-20(26)24-18-9-4-8-17(15(18)2)21-25-19-10-5-11-23-22(19)28-21/h3-12H,13H2,1-2H3,(H,24,26). The number of aryl methyl sites for hydroxylation is 1. The van der Waals surface area contributed by atoms with Crippen molar-refractivity contribution < 1.29 is 9.53 Å². The summed E-state index contributed by atoms with van der Waals surface area (Å²) in [4.78, 5) is 22.3. The number of pyridine rings is 1. The zero-order valence-corrected chi connectivity index (χ0v) is 16.4. The number of anilines is 1. The van der Waals surface area contributed by atoms with Gasteiger partial charge in [-0.1, -0.05) is 35.6 Å². The molecular weight excluding hydrogens is 370 g/mol. The van der Waals surface area contributed by atoms with Crippen LogP contribution in [0.2, 0.25) is 0 Å². The van der Waals surface area contributed by atoms with E-state index < -0.39 is 0 Å². The molecule has 0 aliphatic heterocycles. The fourth-order valence-corrected chi connectivity index (χ4v) is 3.92. The van der Waals surface area contributed by atoms with Gasteiger partial charge in [0.05, 0.1) is 0 Å². The van der Waals surface area contributed by atoms with Gasteiger partial charge in [-0.2, -0.15) is 0 Å². The topological polar surface area (TPSA) is 64.1 Å². The third-order valence-corrected chi connectivity index (χ3v) is 5.38. The third-order valence-electron chi connectivity index (χ3n) is 4.36. The number of nitrogens with zero attached hydrogens (tertiary/aromatic N) is 2. The first-order valence-electron chi connectivity index (χ1n) is 8.91. The van der Waals surface area contributed by atoms with Gasteiger partial charge in [-0.05, 0) is 55.3 Å². The van der Waals surface area contributed by atoms with E-state index in [0.29, 0.717) is 5.75 Å². The van der Waals surface area contributed by atoms with E-state index in [2.05, 4.69) is 15.3 Å². The van der Waals surface area contributed by atoms with Crippen molar-refractivity contribution in [3.05, 3.63) is 71.9 Å². The highest BCUT2D eigenvalue weighted by atomic mass is 32.1. The second kappa shape index (κ2) is 7.78. The smallest absolute Gasteiger partial charge is 0.262 e. The number of thiazole rings is 1. The van der Waals surface area contributed by atoms with Gasteiger partial charge in [0.2, 0.25) is 0 Å². The van der Waals surface area contributed by atoms with Crippen molar-refractivity contribution in [3.8, 4) is 16.3 Å². The summed E-state index contributed by atoms with van der Waals surface area (Å²) in [5.74, 6) is 0.482. The van der Waals surface area contributed by atoms with Crippen LogP contribution in [0.5, 0.6) is 5.75 Å². The first-order valence-corrected chi connectivity index (χ1v) is 9.72. The maximum absolute atomic E-state index is 12.4. The van der Waals surface area contributed by atoms with Crippen molar-refractivity contribution in [1.29, 1.82) is 0 Å². The minimum absolute atomic E-state index is 0.0435. The van der Waals surface area contributed by atoms with Gasteiger partial charge < -0.3 is 10.1 Å². The average molecular weight is 389 g/mol. The highest BCUT2D eigenvalue weighted by Gasteiger charge is 2.13. The number of ether oxygens (including phenoxy) is 1. The molecule has 0 saturated heterocycles. The Kier molecular flexibility index (Phi) is 5.04. The van der Waals surface area contributed by atoms with Crippen LogP contribution in [0.15, 0.2) is 60.8 Å². The van der Waals surface area contributed by atoms with Crippen LogP contribution >= 0.6 is 11.3 Å². The van der Waals surface area contributed by atoms with E-state index in [-0.39, 0.29) is 12.5 Å². The lowest BCUT2D eigenvalue weighted by Gasteiger charge is -2.12. The Morgan fingerprint density at radius 3 is 2.79 bits per heavy atom. The van der Waals surface area contributed by atoms with Gasteiger partial charge >= 0.3 is 0 Å². The zero-order valence-electron chi connectivity index (χ0n) is 15.6. The maximum atomic E-state index is 12.4. The number of rotatable bonds is 5. The van der Waals surface area contributed by atoms with Crippen LogP contribution in [-0.4, -0.2) is 22.5 Å². The largest absolute Gasteiger partial charge is 0.484 e. The van der Waals surface area contributed by atoms with Crippen molar-refractivity contribution >= 4 is 33.3 Å². The number of hydrogen-bond donors (Lipinski definition) is 1. The molecule has 0 fully saturated rings. The predicted octanol–water partition coefficient (Wildman–Crippen LogP) is 4.99. The number of carbonyl (C=O) groups is 1. The van der Waals surface area contributed by atoms with Crippen LogP contribution in [0, 0.1) is 13.8 Å². The first kappa shape index (κ1) is 18.1. The van der Waals surface area contributed by atoms with Crippen LogP contribution in [0.4, 0.5) is 5.69 Å². The molecule has 0 radical (unpaired) electrons. The Balaban J connectivity index is 1.51. The second-order valence-corrected chi connectivity index (χ2v) is 7.46. The van der Waals surface area contributed by atoms with Crippen molar-refractivity contribution in [2.75, 3.05) is 11.9 Å². The van der Waals surface area contributed by atoms with E-state index in [4.69, 9.17) is 4.74 Å². The summed E-state index contributed by atoms with van der Waals surface area (Å²) < 4.78 is 5.58. The normalized spacial score (nSPS) is 10.8. The minimum Gasteiger partial charge on any atom is -0.484 e. The Labute approximate surface area is 167 Å². The molecule has 4 rings (SSSR count). The molecule has 28 heavy (non-hydrogen) atoms. The van der Waals surface area contributed by atoms with Gasteiger partial charge in [0.15, 0.2) is 6.61 Å². The molecule has 2 heterocycles. The van der Waals surface area contributed by atoms with E-state index in [9.17, 15) is 4.79 Å². The lowest BCUT2D eigenvalue weighted by Crippen LogP contribution is -2.20. The number of amides is 1. The molecule has 0 spiro atoms. The minimum atomic E-state index is -0.201. The molecule has 5 nitrogen and oxygen atoms in total. The molecule has 0 saturated carbocycles. The lowest BCUT2D eigenvalue weighted by atomic mass is 10.1. The van der Waals surface area contributed by atoms with Crippen molar-refractivity contribution in [2.24, 2.45) is 0 Å². The fourth-order valence-electron chi connectivity index (χ4n) is 2.93. The number of nitrogens with one attached hydrogen (secondary N) is 1. The molecular formula is C22H19N3O2S. The van der Waals surface area contributed by atoms with Gasteiger partial charge in [-0.25, -0.2) is 9.97 Å². The second-order valence-electron chi connectivity index (χ2n) is 6.48. The number of carbonyl (C=O) groups excluding carboxylic acids is 1. The summed E-state index contributed by atoms with van der Waals surface area (Å²) in [7, 11) is 0. The Morgan fingerprint density at radius 2 is 1.96 bits per heavy atom. The monoisotopic (exact) mass is 389 g/mol. The first-order chi connectivity index (χ1) is 13.6. The third kappa shape index (κ3) is 3.87. The van der Waals surface area contributed by atoms with Crippen LogP contribution in [-0.2, 0) is 4.79 Å². The molecule has 2 aromatic heterocycles. The quantitative estimate of drug-likeness (QED) is 0.522. The number of aromatic nitrogens is 2. The molecule has 140 valence electrons. The van der Waals surface area contributed by atoms with Gasteiger partial charge in [0, 0.05) is 17.4 Å². The van der Waals surface area contributed by atoms with Gasteiger partial charge in [0.1, 0.15) is 21.1 Å². The molecule has 0 aliphatic carbocycles. The molecule has 6 heteroatoms. The molecule has 0 aliphatic rings. The summed E-state index contributed by atoms with van der Waals surface area (Å²) in [6, 6.07) is 17.3. The van der Waals surface area contributed by atoms with E-state index in [1.807, 2.05) is 68.4 Å². The maximum Gasteiger partial charge on any atom is 0.262 e. The summed E-state index contributed by atoms with van der Waals surface area (Å²) in [5, 5.41) is 3.82.